The van der Waals surface area contributed by atoms with Gasteiger partial charge in [0.05, 0.1) is 10.7 Å². The van der Waals surface area contributed by atoms with E-state index in [-0.39, 0.29) is 0 Å². The van der Waals surface area contributed by atoms with E-state index in [2.05, 4.69) is 33.2 Å². The number of aromatic nitrogens is 2. The molecule has 2 N–H and O–H groups in total. The van der Waals surface area contributed by atoms with Crippen LogP contribution in [0.2, 0.25) is 0 Å². The first kappa shape index (κ1) is 11.4. The molecule has 84 valence electrons. The average Bonchev–Trinajstić information content (AvgIpc) is 2.73. The van der Waals surface area contributed by atoms with Crippen molar-refractivity contribution in [2.24, 2.45) is 5.73 Å². The zero-order valence-corrected chi connectivity index (χ0v) is 10.5. The zero-order chi connectivity index (χ0) is 11.4. The average molecular weight is 280 g/mol. The van der Waals surface area contributed by atoms with Gasteiger partial charge in [0.1, 0.15) is 0 Å². The van der Waals surface area contributed by atoms with Crippen LogP contribution in [0, 0.1) is 0 Å². The van der Waals surface area contributed by atoms with E-state index in [9.17, 15) is 0 Å². The van der Waals surface area contributed by atoms with Gasteiger partial charge < -0.3 is 5.73 Å². The second-order valence-corrected chi connectivity index (χ2v) is 4.64. The van der Waals surface area contributed by atoms with Crippen LogP contribution in [-0.4, -0.2) is 16.3 Å². The van der Waals surface area contributed by atoms with Crippen molar-refractivity contribution in [1.29, 1.82) is 0 Å². The fraction of sp³-hybridized carbons (Fsp3) is 0.250. The lowest BCUT2D eigenvalue weighted by Crippen LogP contribution is -2.18. The highest BCUT2D eigenvalue weighted by molar-refractivity contribution is 9.10. The summed E-state index contributed by atoms with van der Waals surface area (Å²) in [6.45, 7) is 1.44. The molecule has 4 heteroatoms. The molecule has 3 nitrogen and oxygen atoms in total. The van der Waals surface area contributed by atoms with Gasteiger partial charge in [0, 0.05) is 25.2 Å². The summed E-state index contributed by atoms with van der Waals surface area (Å²) in [5.74, 6) is 0.313. The number of benzene rings is 1. The molecule has 0 aliphatic carbocycles. The Bertz CT molecular complexity index is 439. The van der Waals surface area contributed by atoms with Crippen LogP contribution < -0.4 is 5.73 Å². The molecular formula is C12H14BrN3. The first-order chi connectivity index (χ1) is 7.79. The molecule has 0 aliphatic heterocycles. The van der Waals surface area contributed by atoms with E-state index in [0.717, 1.165) is 11.0 Å². The Morgan fingerprint density at radius 1 is 1.31 bits per heavy atom. The van der Waals surface area contributed by atoms with Crippen molar-refractivity contribution in [3.8, 4) is 0 Å². The normalized spacial score (nSPS) is 12.6. The third kappa shape index (κ3) is 2.71. The molecule has 1 atom stereocenters. The number of hydrogen-bond donors (Lipinski definition) is 1. The molecule has 0 amide bonds. The number of nitrogens with two attached hydrogens (primary N) is 1. The topological polar surface area (TPSA) is 43.8 Å². The maximum atomic E-state index is 5.81. The Hall–Kier alpha value is -1.13. The third-order valence-corrected chi connectivity index (χ3v) is 2.97. The largest absolute Gasteiger partial charge is 0.330 e. The summed E-state index contributed by atoms with van der Waals surface area (Å²) in [5.41, 5.74) is 7.07. The van der Waals surface area contributed by atoms with E-state index in [4.69, 9.17) is 5.73 Å². The van der Waals surface area contributed by atoms with Crippen LogP contribution in [0.25, 0.3) is 0 Å². The summed E-state index contributed by atoms with van der Waals surface area (Å²) in [6, 6.07) is 10.3. The SMILES string of the molecule is NCC(Cn1cc(Br)cn1)c1ccccc1. The highest BCUT2D eigenvalue weighted by Crippen LogP contribution is 2.17. The van der Waals surface area contributed by atoms with Gasteiger partial charge in [0.2, 0.25) is 0 Å². The van der Waals surface area contributed by atoms with Gasteiger partial charge in [-0.05, 0) is 21.5 Å². The lowest BCUT2D eigenvalue weighted by Gasteiger charge is -2.14. The minimum Gasteiger partial charge on any atom is -0.330 e. The summed E-state index contributed by atoms with van der Waals surface area (Å²) < 4.78 is 2.91. The Kier molecular flexibility index (Phi) is 3.74. The molecule has 0 radical (unpaired) electrons. The quantitative estimate of drug-likeness (QED) is 0.934. The summed E-state index contributed by atoms with van der Waals surface area (Å²) in [4.78, 5) is 0. The molecule has 1 unspecified atom stereocenters. The van der Waals surface area contributed by atoms with Crippen LogP contribution >= 0.6 is 15.9 Å². The third-order valence-electron chi connectivity index (χ3n) is 2.56. The number of halogens is 1. The van der Waals surface area contributed by atoms with Gasteiger partial charge >= 0.3 is 0 Å². The van der Waals surface area contributed by atoms with Crippen LogP contribution in [0.3, 0.4) is 0 Å². The molecule has 1 aromatic heterocycles. The fourth-order valence-electron chi connectivity index (χ4n) is 1.71. The van der Waals surface area contributed by atoms with Gasteiger partial charge in [-0.2, -0.15) is 5.10 Å². The molecule has 0 fully saturated rings. The number of rotatable bonds is 4. The van der Waals surface area contributed by atoms with E-state index >= 15 is 0 Å². The first-order valence-corrected chi connectivity index (χ1v) is 6.02. The van der Waals surface area contributed by atoms with E-state index in [1.165, 1.54) is 5.56 Å². The second-order valence-electron chi connectivity index (χ2n) is 3.72. The maximum Gasteiger partial charge on any atom is 0.0632 e. The Labute approximate surface area is 103 Å². The van der Waals surface area contributed by atoms with Gasteiger partial charge in [-0.3, -0.25) is 4.68 Å². The van der Waals surface area contributed by atoms with Gasteiger partial charge in [0.15, 0.2) is 0 Å². The van der Waals surface area contributed by atoms with Gasteiger partial charge in [-0.15, -0.1) is 0 Å². The van der Waals surface area contributed by atoms with Crippen LogP contribution in [-0.2, 0) is 6.54 Å². The summed E-state index contributed by atoms with van der Waals surface area (Å²) >= 11 is 3.39. The minimum absolute atomic E-state index is 0.313. The van der Waals surface area contributed by atoms with Crippen molar-refractivity contribution < 1.29 is 0 Å². The van der Waals surface area contributed by atoms with Crippen molar-refractivity contribution in [3.63, 3.8) is 0 Å². The number of hydrogen-bond acceptors (Lipinski definition) is 2. The van der Waals surface area contributed by atoms with E-state index < -0.39 is 0 Å². The predicted octanol–water partition coefficient (Wildman–Crippen LogP) is 2.39. The monoisotopic (exact) mass is 279 g/mol. The van der Waals surface area contributed by atoms with Crippen LogP contribution in [0.4, 0.5) is 0 Å². The molecule has 0 spiro atoms. The lowest BCUT2D eigenvalue weighted by atomic mass is 9.99. The molecule has 2 aromatic rings. The van der Waals surface area contributed by atoms with Crippen molar-refractivity contribution in [1.82, 2.24) is 9.78 Å². The van der Waals surface area contributed by atoms with Crippen molar-refractivity contribution in [2.75, 3.05) is 6.54 Å². The smallest absolute Gasteiger partial charge is 0.0632 e. The molecule has 1 aromatic carbocycles. The molecule has 0 saturated carbocycles. The highest BCUT2D eigenvalue weighted by atomic mass is 79.9. The minimum atomic E-state index is 0.313. The first-order valence-electron chi connectivity index (χ1n) is 5.22. The Morgan fingerprint density at radius 2 is 2.06 bits per heavy atom. The van der Waals surface area contributed by atoms with Gasteiger partial charge in [-0.1, -0.05) is 30.3 Å². The molecule has 2 rings (SSSR count). The van der Waals surface area contributed by atoms with Gasteiger partial charge in [-0.25, -0.2) is 0 Å². The van der Waals surface area contributed by atoms with Crippen LogP contribution in [0.1, 0.15) is 11.5 Å². The van der Waals surface area contributed by atoms with Crippen molar-refractivity contribution in [2.45, 2.75) is 12.5 Å². The fourth-order valence-corrected chi connectivity index (χ4v) is 2.03. The molecular weight excluding hydrogens is 266 g/mol. The zero-order valence-electron chi connectivity index (χ0n) is 8.88. The van der Waals surface area contributed by atoms with Gasteiger partial charge in [0.25, 0.3) is 0 Å². The van der Waals surface area contributed by atoms with Crippen molar-refractivity contribution in [3.05, 3.63) is 52.8 Å². The molecule has 1 heterocycles. The second kappa shape index (κ2) is 5.27. The standard InChI is InChI=1S/C12H14BrN3/c13-12-7-15-16(9-12)8-11(6-14)10-4-2-1-3-5-10/h1-5,7,9,11H,6,8,14H2. The van der Waals surface area contributed by atoms with Crippen LogP contribution in [0.5, 0.6) is 0 Å². The number of nitrogens with zero attached hydrogens (tertiary/aromatic N) is 2. The highest BCUT2D eigenvalue weighted by Gasteiger charge is 2.10. The van der Waals surface area contributed by atoms with E-state index in [0.29, 0.717) is 12.5 Å². The summed E-state index contributed by atoms with van der Waals surface area (Å²) in [7, 11) is 0. The van der Waals surface area contributed by atoms with E-state index in [1.807, 2.05) is 29.1 Å². The summed E-state index contributed by atoms with van der Waals surface area (Å²) in [5, 5.41) is 4.24. The Morgan fingerprint density at radius 3 is 2.62 bits per heavy atom. The summed E-state index contributed by atoms with van der Waals surface area (Å²) in [6.07, 6.45) is 3.75. The van der Waals surface area contributed by atoms with E-state index in [1.54, 1.807) is 6.20 Å². The maximum absolute atomic E-state index is 5.81. The molecule has 0 aliphatic rings. The van der Waals surface area contributed by atoms with Crippen LogP contribution in [0.15, 0.2) is 47.2 Å². The molecule has 0 saturated heterocycles. The lowest BCUT2D eigenvalue weighted by molar-refractivity contribution is 0.521. The predicted molar refractivity (Wildman–Crippen MR) is 68.2 cm³/mol. The molecule has 0 bridgehead atoms. The van der Waals surface area contributed by atoms with Crippen molar-refractivity contribution >= 4 is 15.9 Å². The Balaban J connectivity index is 2.12. The molecule has 16 heavy (non-hydrogen) atoms.